The maximum absolute atomic E-state index is 14.0. The van der Waals surface area contributed by atoms with Gasteiger partial charge >= 0.3 is 0 Å². The molecule has 0 spiro atoms. The third-order valence-corrected chi connectivity index (χ3v) is 6.60. The van der Waals surface area contributed by atoms with E-state index in [-0.39, 0.29) is 12.1 Å². The lowest BCUT2D eigenvalue weighted by atomic mass is 10.1. The second kappa shape index (κ2) is 10.7. The van der Waals surface area contributed by atoms with Crippen LogP contribution in [0.1, 0.15) is 27.3 Å². The number of H-pyrrole nitrogens is 1. The summed E-state index contributed by atoms with van der Waals surface area (Å²) in [5, 5.41) is 10.9. The summed E-state index contributed by atoms with van der Waals surface area (Å²) in [4.78, 5) is 18.7. The van der Waals surface area contributed by atoms with E-state index in [1.54, 1.807) is 30.5 Å². The smallest absolute Gasteiger partial charge is 0.252 e. The Hall–Kier alpha value is -4.37. The number of aromatic amines is 1. The molecule has 0 aliphatic carbocycles. The molecule has 2 N–H and O–H groups in total. The molecule has 5 aromatic rings. The monoisotopic (exact) mass is 516 g/mol. The van der Waals surface area contributed by atoms with Gasteiger partial charge in [-0.2, -0.15) is 5.10 Å². The van der Waals surface area contributed by atoms with Crippen molar-refractivity contribution in [3.8, 4) is 0 Å². The molecule has 0 unspecified atom stereocenters. The molecule has 0 saturated carbocycles. The van der Waals surface area contributed by atoms with Crippen LogP contribution in [0.2, 0.25) is 0 Å². The number of benzene rings is 3. The molecule has 0 fully saturated rings. The first kappa shape index (κ1) is 24.3. The van der Waals surface area contributed by atoms with Crippen LogP contribution in [0, 0.1) is 17.5 Å². The first-order chi connectivity index (χ1) is 18.0. The number of nitrogens with one attached hydrogen (secondary N) is 2. The summed E-state index contributed by atoms with van der Waals surface area (Å²) < 4.78 is 40.9. The van der Waals surface area contributed by atoms with Gasteiger partial charge in [-0.05, 0) is 60.7 Å². The van der Waals surface area contributed by atoms with Gasteiger partial charge in [-0.25, -0.2) is 13.2 Å². The number of hydrogen-bond donors (Lipinski definition) is 2. The molecule has 0 atom stereocenters. The van der Waals surface area contributed by atoms with E-state index >= 15 is 0 Å². The van der Waals surface area contributed by atoms with E-state index in [9.17, 15) is 18.0 Å². The highest BCUT2D eigenvalue weighted by Crippen LogP contribution is 2.33. The van der Waals surface area contributed by atoms with Gasteiger partial charge in [0.15, 0.2) is 11.6 Å². The van der Waals surface area contributed by atoms with Crippen LogP contribution < -0.4 is 5.32 Å². The SMILES string of the molecule is O=C(NCc1cc(F)cc(F)c1F)c1ccccc1Sc1ccc2c(/C=C/c3ccccn3)n[nH]c2c1. The van der Waals surface area contributed by atoms with Crippen molar-refractivity contribution in [2.24, 2.45) is 0 Å². The predicted molar refractivity (Wildman–Crippen MR) is 137 cm³/mol. The molecular formula is C28H19F3N4OS. The Kier molecular flexibility index (Phi) is 7.04. The Morgan fingerprint density at radius 1 is 0.973 bits per heavy atom. The molecule has 0 bridgehead atoms. The number of carbonyl (C=O) groups excluding carboxylic acids is 1. The summed E-state index contributed by atoms with van der Waals surface area (Å²) >= 11 is 1.38. The zero-order chi connectivity index (χ0) is 25.8. The van der Waals surface area contributed by atoms with E-state index in [2.05, 4.69) is 20.5 Å². The summed E-state index contributed by atoms with van der Waals surface area (Å²) in [7, 11) is 0. The van der Waals surface area contributed by atoms with Crippen molar-refractivity contribution >= 4 is 40.7 Å². The van der Waals surface area contributed by atoms with Crippen molar-refractivity contribution in [2.45, 2.75) is 16.3 Å². The molecule has 0 aliphatic heterocycles. The van der Waals surface area contributed by atoms with E-state index in [1.165, 1.54) is 11.8 Å². The van der Waals surface area contributed by atoms with Crippen molar-refractivity contribution in [1.29, 1.82) is 0 Å². The highest BCUT2D eigenvalue weighted by molar-refractivity contribution is 7.99. The van der Waals surface area contributed by atoms with Crippen molar-refractivity contribution in [1.82, 2.24) is 20.5 Å². The van der Waals surface area contributed by atoms with Gasteiger partial charge in [0.25, 0.3) is 5.91 Å². The Morgan fingerprint density at radius 2 is 1.81 bits per heavy atom. The van der Waals surface area contributed by atoms with Crippen molar-refractivity contribution in [3.05, 3.63) is 119 Å². The van der Waals surface area contributed by atoms with Crippen LogP contribution in [-0.4, -0.2) is 21.1 Å². The average molecular weight is 517 g/mol. The summed E-state index contributed by atoms with van der Waals surface area (Å²) in [6.45, 7) is -0.354. The van der Waals surface area contributed by atoms with Gasteiger partial charge in [0.1, 0.15) is 5.82 Å². The number of hydrogen-bond acceptors (Lipinski definition) is 4. The van der Waals surface area contributed by atoms with Crippen LogP contribution in [-0.2, 0) is 6.54 Å². The summed E-state index contributed by atoms with van der Waals surface area (Å²) in [6.07, 6.45) is 5.50. The minimum absolute atomic E-state index is 0.270. The highest BCUT2D eigenvalue weighted by Gasteiger charge is 2.16. The van der Waals surface area contributed by atoms with Gasteiger partial charge in [-0.15, -0.1) is 0 Å². The average Bonchev–Trinajstić information content (AvgIpc) is 3.31. The van der Waals surface area contributed by atoms with Crippen LogP contribution in [0.25, 0.3) is 23.1 Å². The maximum atomic E-state index is 14.0. The fourth-order valence-electron chi connectivity index (χ4n) is 3.73. The number of fused-ring (bicyclic) bond motifs is 1. The molecule has 184 valence electrons. The normalized spacial score (nSPS) is 11.3. The van der Waals surface area contributed by atoms with Gasteiger partial charge in [-0.3, -0.25) is 14.9 Å². The second-order valence-electron chi connectivity index (χ2n) is 8.05. The minimum atomic E-state index is -1.30. The van der Waals surface area contributed by atoms with Gasteiger partial charge in [0.2, 0.25) is 0 Å². The molecule has 5 rings (SSSR count). The molecule has 2 heterocycles. The molecule has 5 nitrogen and oxygen atoms in total. The van der Waals surface area contributed by atoms with Crippen LogP contribution in [0.3, 0.4) is 0 Å². The Balaban J connectivity index is 1.32. The number of carbonyl (C=O) groups is 1. The van der Waals surface area contributed by atoms with E-state index in [4.69, 9.17) is 0 Å². The van der Waals surface area contributed by atoms with Crippen LogP contribution in [0.15, 0.2) is 88.8 Å². The lowest BCUT2D eigenvalue weighted by Crippen LogP contribution is -2.24. The van der Waals surface area contributed by atoms with Crippen molar-refractivity contribution in [2.75, 3.05) is 0 Å². The molecule has 0 radical (unpaired) electrons. The molecule has 0 aliphatic rings. The first-order valence-corrected chi connectivity index (χ1v) is 12.1. The van der Waals surface area contributed by atoms with Crippen LogP contribution in [0.5, 0.6) is 0 Å². The van der Waals surface area contributed by atoms with E-state index in [1.807, 2.05) is 48.6 Å². The molecule has 2 aromatic heterocycles. The number of pyridine rings is 1. The zero-order valence-electron chi connectivity index (χ0n) is 19.2. The second-order valence-corrected chi connectivity index (χ2v) is 9.16. The fraction of sp³-hybridized carbons (Fsp3) is 0.0357. The lowest BCUT2D eigenvalue weighted by Gasteiger charge is -2.11. The van der Waals surface area contributed by atoms with Crippen molar-refractivity contribution < 1.29 is 18.0 Å². The molecule has 37 heavy (non-hydrogen) atoms. The molecular weight excluding hydrogens is 497 g/mol. The number of nitrogens with zero attached hydrogens (tertiary/aromatic N) is 2. The Bertz CT molecular complexity index is 1620. The highest BCUT2D eigenvalue weighted by atomic mass is 32.2. The quantitative estimate of drug-likeness (QED) is 0.238. The van der Waals surface area contributed by atoms with Crippen LogP contribution in [0.4, 0.5) is 13.2 Å². The lowest BCUT2D eigenvalue weighted by molar-refractivity contribution is 0.0947. The Morgan fingerprint density at radius 3 is 2.65 bits per heavy atom. The Labute approximate surface area is 214 Å². The summed E-state index contributed by atoms with van der Waals surface area (Å²) in [5.74, 6) is -3.89. The summed E-state index contributed by atoms with van der Waals surface area (Å²) in [6, 6.07) is 19.7. The van der Waals surface area contributed by atoms with Crippen molar-refractivity contribution in [3.63, 3.8) is 0 Å². The first-order valence-electron chi connectivity index (χ1n) is 11.2. The summed E-state index contributed by atoms with van der Waals surface area (Å²) in [5.41, 5.74) is 2.52. The zero-order valence-corrected chi connectivity index (χ0v) is 20.0. The predicted octanol–water partition coefficient (Wildman–Crippen LogP) is 6.63. The standard InChI is InChI=1S/C28H19F3N4OS/c29-18-13-17(27(31)23(30)14-18)16-33-28(36)22-6-1-2-7-26(22)37-20-9-10-21-24(34-35-25(21)15-20)11-8-19-5-3-4-12-32-19/h1-15H,16H2,(H,33,36)(H,34,35)/b11-8+. The van der Waals surface area contributed by atoms with Gasteiger partial charge in [-0.1, -0.05) is 30.0 Å². The molecule has 9 heteroatoms. The number of amides is 1. The number of aromatic nitrogens is 3. The number of rotatable bonds is 7. The van der Waals surface area contributed by atoms with Gasteiger partial charge in [0, 0.05) is 39.5 Å². The number of halogens is 3. The van der Waals surface area contributed by atoms with Gasteiger partial charge in [0.05, 0.1) is 22.5 Å². The topological polar surface area (TPSA) is 70.7 Å². The van der Waals surface area contributed by atoms with E-state index < -0.39 is 23.4 Å². The maximum Gasteiger partial charge on any atom is 0.252 e. The third-order valence-electron chi connectivity index (χ3n) is 5.53. The van der Waals surface area contributed by atoms with E-state index in [0.717, 1.165) is 33.3 Å². The van der Waals surface area contributed by atoms with Crippen LogP contribution >= 0.6 is 11.8 Å². The molecule has 0 saturated heterocycles. The minimum Gasteiger partial charge on any atom is -0.348 e. The third kappa shape index (κ3) is 5.57. The van der Waals surface area contributed by atoms with E-state index in [0.29, 0.717) is 16.5 Å². The molecule has 3 aromatic carbocycles. The molecule has 1 amide bonds. The fourth-order valence-corrected chi connectivity index (χ4v) is 4.71. The van der Waals surface area contributed by atoms with Gasteiger partial charge < -0.3 is 5.32 Å². The largest absolute Gasteiger partial charge is 0.348 e.